The molecule has 0 saturated heterocycles. The lowest BCUT2D eigenvalue weighted by Gasteiger charge is -2.26. The first kappa shape index (κ1) is 23.5. The van der Waals surface area contributed by atoms with Crippen molar-refractivity contribution in [2.45, 2.75) is 6.04 Å². The molecule has 0 radical (unpaired) electrons. The lowest BCUT2D eigenvalue weighted by atomic mass is 9.97. The van der Waals surface area contributed by atoms with E-state index in [2.05, 4.69) is 6.58 Å². The molecular formula is C28H22ClNO6. The van der Waals surface area contributed by atoms with Gasteiger partial charge in [0.05, 0.1) is 31.2 Å². The van der Waals surface area contributed by atoms with Gasteiger partial charge >= 0.3 is 0 Å². The van der Waals surface area contributed by atoms with E-state index >= 15 is 0 Å². The molecule has 4 aromatic rings. The van der Waals surface area contributed by atoms with Crippen molar-refractivity contribution in [3.8, 4) is 17.2 Å². The van der Waals surface area contributed by atoms with E-state index < -0.39 is 11.9 Å². The van der Waals surface area contributed by atoms with Gasteiger partial charge in [-0.15, -0.1) is 0 Å². The van der Waals surface area contributed by atoms with Crippen LogP contribution in [0.25, 0.3) is 11.0 Å². The monoisotopic (exact) mass is 503 g/mol. The van der Waals surface area contributed by atoms with Crippen LogP contribution in [0.1, 0.15) is 27.7 Å². The summed E-state index contributed by atoms with van der Waals surface area (Å²) >= 11 is 6.17. The summed E-state index contributed by atoms with van der Waals surface area (Å²) in [4.78, 5) is 29.0. The number of hydrogen-bond acceptors (Lipinski definition) is 6. The molecule has 1 unspecified atom stereocenters. The maximum atomic E-state index is 13.8. The highest BCUT2D eigenvalue weighted by Gasteiger charge is 2.44. The molecule has 0 N–H and O–H groups in total. The number of carbonyl (C=O) groups excluding carboxylic acids is 1. The van der Waals surface area contributed by atoms with Crippen LogP contribution in [0.3, 0.4) is 0 Å². The molecule has 3 aromatic carbocycles. The Balaban J connectivity index is 1.75. The molecule has 0 spiro atoms. The molecule has 0 fully saturated rings. The van der Waals surface area contributed by atoms with Gasteiger partial charge in [0, 0.05) is 10.7 Å². The number of halogens is 1. The molecule has 1 atom stereocenters. The average molecular weight is 504 g/mol. The smallest absolute Gasteiger partial charge is 0.295 e. The second kappa shape index (κ2) is 9.43. The number of amides is 1. The van der Waals surface area contributed by atoms with Gasteiger partial charge in [0.15, 0.2) is 16.9 Å². The molecule has 1 aromatic heterocycles. The summed E-state index contributed by atoms with van der Waals surface area (Å²) < 4.78 is 22.5. The minimum Gasteiger partial charge on any atom is -0.497 e. The minimum absolute atomic E-state index is 0.0124. The molecule has 0 aliphatic carbocycles. The second-order valence-electron chi connectivity index (χ2n) is 8.10. The molecule has 1 aliphatic heterocycles. The molecular weight excluding hydrogens is 482 g/mol. The van der Waals surface area contributed by atoms with Gasteiger partial charge < -0.3 is 18.6 Å². The van der Waals surface area contributed by atoms with Crippen LogP contribution in [0.15, 0.2) is 82.5 Å². The van der Waals surface area contributed by atoms with Crippen LogP contribution in [-0.2, 0) is 0 Å². The zero-order valence-electron chi connectivity index (χ0n) is 19.6. The first-order chi connectivity index (χ1) is 17.5. The Morgan fingerprint density at radius 3 is 2.47 bits per heavy atom. The fourth-order valence-electron chi connectivity index (χ4n) is 4.39. The van der Waals surface area contributed by atoms with Crippen LogP contribution in [0.5, 0.6) is 17.2 Å². The zero-order chi connectivity index (χ0) is 25.4. The standard InChI is InChI=1S/C28H22ClNO6/c1-4-13-35-22-11-5-16(14-23(22)34-3)25-24-26(31)20-15-17(29)6-12-21(20)36-27(24)28(32)30(25)18-7-9-19(33-2)10-8-18/h4-12,14-15,25H,1,13H2,2-3H3. The van der Waals surface area contributed by atoms with Crippen molar-refractivity contribution in [1.82, 2.24) is 0 Å². The van der Waals surface area contributed by atoms with Crippen molar-refractivity contribution in [3.05, 3.63) is 105 Å². The summed E-state index contributed by atoms with van der Waals surface area (Å²) in [5.74, 6) is 1.17. The molecule has 1 aliphatic rings. The van der Waals surface area contributed by atoms with Crippen molar-refractivity contribution >= 4 is 34.2 Å². The first-order valence-electron chi connectivity index (χ1n) is 11.1. The van der Waals surface area contributed by atoms with Crippen LogP contribution in [0.2, 0.25) is 5.02 Å². The lowest BCUT2D eigenvalue weighted by Crippen LogP contribution is -2.29. The Kier molecular flexibility index (Phi) is 6.16. The minimum atomic E-state index is -0.775. The van der Waals surface area contributed by atoms with Gasteiger partial charge in [-0.3, -0.25) is 14.5 Å². The Labute approximate surface area is 212 Å². The van der Waals surface area contributed by atoms with Crippen molar-refractivity contribution in [2.24, 2.45) is 0 Å². The highest BCUT2D eigenvalue weighted by Crippen LogP contribution is 2.43. The molecule has 5 rings (SSSR count). The predicted octanol–water partition coefficient (Wildman–Crippen LogP) is 5.78. The highest BCUT2D eigenvalue weighted by atomic mass is 35.5. The molecule has 182 valence electrons. The van der Waals surface area contributed by atoms with Gasteiger partial charge in [0.2, 0.25) is 5.76 Å². The maximum absolute atomic E-state index is 13.8. The molecule has 2 heterocycles. The molecule has 7 nitrogen and oxygen atoms in total. The number of benzene rings is 3. The number of carbonyl (C=O) groups is 1. The summed E-state index contributed by atoms with van der Waals surface area (Å²) in [5.41, 5.74) is 1.41. The number of rotatable bonds is 7. The lowest BCUT2D eigenvalue weighted by molar-refractivity contribution is 0.0971. The van der Waals surface area contributed by atoms with Crippen LogP contribution < -0.4 is 24.5 Å². The topological polar surface area (TPSA) is 78.2 Å². The van der Waals surface area contributed by atoms with E-state index in [9.17, 15) is 9.59 Å². The van der Waals surface area contributed by atoms with Gasteiger partial charge in [-0.1, -0.05) is 30.3 Å². The summed E-state index contributed by atoms with van der Waals surface area (Å²) in [5, 5.41) is 0.696. The first-order valence-corrected chi connectivity index (χ1v) is 11.5. The molecule has 0 saturated carbocycles. The average Bonchev–Trinajstić information content (AvgIpc) is 3.20. The van der Waals surface area contributed by atoms with Gasteiger partial charge in [-0.05, 0) is 60.2 Å². The Morgan fingerprint density at radius 2 is 1.78 bits per heavy atom. The number of nitrogens with zero attached hydrogens (tertiary/aromatic N) is 1. The van der Waals surface area contributed by atoms with E-state index in [-0.39, 0.29) is 22.3 Å². The third-order valence-corrected chi connectivity index (χ3v) is 6.28. The van der Waals surface area contributed by atoms with E-state index in [4.69, 9.17) is 30.2 Å². The third-order valence-electron chi connectivity index (χ3n) is 6.04. The third kappa shape index (κ3) is 3.87. The van der Waals surface area contributed by atoms with Crippen LogP contribution >= 0.6 is 11.6 Å². The second-order valence-corrected chi connectivity index (χ2v) is 8.54. The van der Waals surface area contributed by atoms with Crippen molar-refractivity contribution in [1.29, 1.82) is 0 Å². The Morgan fingerprint density at radius 1 is 1.00 bits per heavy atom. The molecule has 36 heavy (non-hydrogen) atoms. The summed E-state index contributed by atoms with van der Waals surface area (Å²) in [6.07, 6.45) is 1.63. The number of fused-ring (bicyclic) bond motifs is 2. The van der Waals surface area contributed by atoms with Gasteiger partial charge in [-0.2, -0.15) is 0 Å². The summed E-state index contributed by atoms with van der Waals surface area (Å²) in [7, 11) is 3.09. The Bertz CT molecular complexity index is 1540. The van der Waals surface area contributed by atoms with Gasteiger partial charge in [-0.25, -0.2) is 0 Å². The van der Waals surface area contributed by atoms with Crippen LogP contribution in [0, 0.1) is 0 Å². The number of ether oxygens (including phenoxy) is 3. The molecule has 8 heteroatoms. The van der Waals surface area contributed by atoms with E-state index in [1.165, 1.54) is 12.0 Å². The normalized spacial score (nSPS) is 14.6. The largest absolute Gasteiger partial charge is 0.497 e. The number of methoxy groups -OCH3 is 2. The van der Waals surface area contributed by atoms with E-state index in [0.29, 0.717) is 45.5 Å². The number of anilines is 1. The van der Waals surface area contributed by atoms with Crippen molar-refractivity contribution in [2.75, 3.05) is 25.7 Å². The molecule has 0 bridgehead atoms. The maximum Gasteiger partial charge on any atom is 0.295 e. The summed E-state index contributed by atoms with van der Waals surface area (Å²) in [6.45, 7) is 3.97. The number of hydrogen-bond donors (Lipinski definition) is 0. The van der Waals surface area contributed by atoms with Crippen LogP contribution in [-0.4, -0.2) is 26.7 Å². The summed E-state index contributed by atoms with van der Waals surface area (Å²) in [6, 6.07) is 16.3. The van der Waals surface area contributed by atoms with Crippen molar-refractivity contribution < 1.29 is 23.4 Å². The SMILES string of the molecule is C=CCOc1ccc(C2c3c(oc4ccc(Cl)cc4c3=O)C(=O)N2c2ccc(OC)cc2)cc1OC. The van der Waals surface area contributed by atoms with Crippen LogP contribution in [0.4, 0.5) is 5.69 Å². The fourth-order valence-corrected chi connectivity index (χ4v) is 4.56. The zero-order valence-corrected chi connectivity index (χ0v) is 20.4. The Hall–Kier alpha value is -4.23. The van der Waals surface area contributed by atoms with E-state index in [1.807, 2.05) is 0 Å². The highest BCUT2D eigenvalue weighted by molar-refractivity contribution is 6.31. The molecule has 1 amide bonds. The predicted molar refractivity (Wildman–Crippen MR) is 138 cm³/mol. The van der Waals surface area contributed by atoms with E-state index in [0.717, 1.165) is 0 Å². The van der Waals surface area contributed by atoms with Gasteiger partial charge in [0.1, 0.15) is 17.9 Å². The quantitative estimate of drug-likeness (QED) is 0.297. The fraction of sp³-hybridized carbons (Fsp3) is 0.143. The van der Waals surface area contributed by atoms with Gasteiger partial charge in [0.25, 0.3) is 5.91 Å². The van der Waals surface area contributed by atoms with E-state index in [1.54, 1.807) is 73.8 Å². The van der Waals surface area contributed by atoms with Crippen molar-refractivity contribution in [3.63, 3.8) is 0 Å².